The van der Waals surface area contributed by atoms with Crippen molar-refractivity contribution >= 4 is 11.3 Å². The summed E-state index contributed by atoms with van der Waals surface area (Å²) in [7, 11) is 0. The maximum absolute atomic E-state index is 3.80. The molecule has 2 rings (SSSR count). The van der Waals surface area contributed by atoms with Crippen molar-refractivity contribution in [3.8, 4) is 0 Å². The van der Waals surface area contributed by atoms with Gasteiger partial charge in [-0.2, -0.15) is 0 Å². The predicted molar refractivity (Wildman–Crippen MR) is 80.4 cm³/mol. The Morgan fingerprint density at radius 1 is 1.33 bits per heavy atom. The molecule has 0 aromatic carbocycles. The molecule has 1 unspecified atom stereocenters. The quantitative estimate of drug-likeness (QED) is 0.881. The Kier molecular flexibility index (Phi) is 5.22. The number of thiophene rings is 1. The van der Waals surface area contributed by atoms with Crippen LogP contribution in [0.4, 0.5) is 0 Å². The summed E-state index contributed by atoms with van der Waals surface area (Å²) in [4.78, 5) is 4.08. The van der Waals surface area contributed by atoms with Crippen LogP contribution in [0.25, 0.3) is 0 Å². The van der Waals surface area contributed by atoms with Crippen LogP contribution < -0.4 is 5.32 Å². The molecule has 2 nitrogen and oxygen atoms in total. The van der Waals surface area contributed by atoms with Crippen LogP contribution in [0, 0.1) is 0 Å². The molecular formula is C15H26N2S. The third kappa shape index (κ3) is 4.08. The monoisotopic (exact) mass is 266 g/mol. The minimum absolute atomic E-state index is 0.597. The highest BCUT2D eigenvalue weighted by atomic mass is 32.1. The van der Waals surface area contributed by atoms with E-state index in [9.17, 15) is 0 Å². The van der Waals surface area contributed by atoms with Crippen molar-refractivity contribution in [3.63, 3.8) is 0 Å². The van der Waals surface area contributed by atoms with Gasteiger partial charge in [0.25, 0.3) is 0 Å². The van der Waals surface area contributed by atoms with Crippen LogP contribution >= 0.6 is 11.3 Å². The van der Waals surface area contributed by atoms with Crippen LogP contribution in [0.5, 0.6) is 0 Å². The lowest BCUT2D eigenvalue weighted by molar-refractivity contribution is 0.157. The standard InChI is InChI=1S/C15H26N2S/c1-12(2)17-8-6-14(7-9-17)16-13(3)11-15-5-4-10-18-15/h4-5,10,12-14,16H,6-9,11H2,1-3H3. The molecule has 0 saturated carbocycles. The van der Waals surface area contributed by atoms with Gasteiger partial charge in [-0.1, -0.05) is 6.07 Å². The van der Waals surface area contributed by atoms with E-state index in [4.69, 9.17) is 0 Å². The van der Waals surface area contributed by atoms with E-state index in [0.29, 0.717) is 12.1 Å². The molecule has 1 atom stereocenters. The Labute approximate surface area is 115 Å². The van der Waals surface area contributed by atoms with Gasteiger partial charge in [0.15, 0.2) is 0 Å². The fourth-order valence-electron chi connectivity index (χ4n) is 2.77. The van der Waals surface area contributed by atoms with E-state index in [1.807, 2.05) is 11.3 Å². The van der Waals surface area contributed by atoms with Crippen LogP contribution in [0.2, 0.25) is 0 Å². The van der Waals surface area contributed by atoms with Gasteiger partial charge in [-0.3, -0.25) is 0 Å². The number of hydrogen-bond donors (Lipinski definition) is 1. The molecule has 0 amide bonds. The molecule has 1 saturated heterocycles. The van der Waals surface area contributed by atoms with Crippen molar-refractivity contribution < 1.29 is 0 Å². The maximum atomic E-state index is 3.80. The molecule has 1 N–H and O–H groups in total. The van der Waals surface area contributed by atoms with Gasteiger partial charge < -0.3 is 10.2 Å². The lowest BCUT2D eigenvalue weighted by atomic mass is 10.0. The van der Waals surface area contributed by atoms with Crippen LogP contribution in [-0.4, -0.2) is 36.1 Å². The number of hydrogen-bond acceptors (Lipinski definition) is 3. The lowest BCUT2D eigenvalue weighted by Crippen LogP contribution is -2.47. The largest absolute Gasteiger partial charge is 0.311 e. The van der Waals surface area contributed by atoms with E-state index in [0.717, 1.165) is 6.04 Å². The van der Waals surface area contributed by atoms with Crippen LogP contribution in [-0.2, 0) is 6.42 Å². The van der Waals surface area contributed by atoms with E-state index >= 15 is 0 Å². The Balaban J connectivity index is 1.71. The Morgan fingerprint density at radius 3 is 2.61 bits per heavy atom. The van der Waals surface area contributed by atoms with Crippen LogP contribution in [0.15, 0.2) is 17.5 Å². The summed E-state index contributed by atoms with van der Waals surface area (Å²) in [5.41, 5.74) is 0. The second kappa shape index (κ2) is 6.69. The normalized spacial score (nSPS) is 20.4. The Bertz CT molecular complexity index is 326. The minimum Gasteiger partial charge on any atom is -0.311 e. The van der Waals surface area contributed by atoms with E-state index in [2.05, 4.69) is 48.5 Å². The van der Waals surface area contributed by atoms with Crippen LogP contribution in [0.3, 0.4) is 0 Å². The third-order valence-corrected chi connectivity index (χ3v) is 4.77. The molecule has 0 radical (unpaired) electrons. The highest BCUT2D eigenvalue weighted by Gasteiger charge is 2.21. The summed E-state index contributed by atoms with van der Waals surface area (Å²) in [5, 5.41) is 5.97. The van der Waals surface area contributed by atoms with Crippen molar-refractivity contribution in [2.45, 2.75) is 58.2 Å². The number of likely N-dealkylation sites (tertiary alicyclic amines) is 1. The molecule has 102 valence electrons. The molecule has 18 heavy (non-hydrogen) atoms. The fourth-order valence-corrected chi connectivity index (χ4v) is 3.61. The summed E-state index contributed by atoms with van der Waals surface area (Å²) in [6.45, 7) is 9.41. The average Bonchev–Trinajstić information content (AvgIpc) is 2.82. The molecule has 1 aromatic rings. The molecule has 3 heteroatoms. The van der Waals surface area contributed by atoms with Gasteiger partial charge in [0.1, 0.15) is 0 Å². The minimum atomic E-state index is 0.597. The number of rotatable bonds is 5. The molecule has 0 bridgehead atoms. The van der Waals surface area contributed by atoms with Crippen molar-refractivity contribution in [3.05, 3.63) is 22.4 Å². The molecule has 1 aliphatic heterocycles. The first kappa shape index (κ1) is 14.0. The predicted octanol–water partition coefficient (Wildman–Crippen LogP) is 3.14. The van der Waals surface area contributed by atoms with E-state index in [-0.39, 0.29) is 0 Å². The fraction of sp³-hybridized carbons (Fsp3) is 0.733. The summed E-state index contributed by atoms with van der Waals surface area (Å²) < 4.78 is 0. The van der Waals surface area contributed by atoms with Crippen molar-refractivity contribution in [2.24, 2.45) is 0 Å². The van der Waals surface area contributed by atoms with Gasteiger partial charge in [0.05, 0.1) is 0 Å². The first-order valence-corrected chi connectivity index (χ1v) is 8.05. The Morgan fingerprint density at radius 2 is 2.06 bits per heavy atom. The SMILES string of the molecule is CC(Cc1cccs1)NC1CCN(C(C)C)CC1. The zero-order chi connectivity index (χ0) is 13.0. The van der Waals surface area contributed by atoms with Gasteiger partial charge in [-0.15, -0.1) is 11.3 Å². The smallest absolute Gasteiger partial charge is 0.00940 e. The zero-order valence-electron chi connectivity index (χ0n) is 11.9. The van der Waals surface area contributed by atoms with Gasteiger partial charge in [0, 0.05) is 23.0 Å². The van der Waals surface area contributed by atoms with Gasteiger partial charge in [-0.05, 0) is 64.6 Å². The van der Waals surface area contributed by atoms with Crippen molar-refractivity contribution in [2.75, 3.05) is 13.1 Å². The highest BCUT2D eigenvalue weighted by molar-refractivity contribution is 7.09. The summed E-state index contributed by atoms with van der Waals surface area (Å²) in [6, 6.07) is 6.40. The first-order valence-electron chi connectivity index (χ1n) is 7.17. The molecule has 0 spiro atoms. The van der Waals surface area contributed by atoms with Crippen molar-refractivity contribution in [1.82, 2.24) is 10.2 Å². The van der Waals surface area contributed by atoms with E-state index in [1.165, 1.54) is 37.2 Å². The maximum Gasteiger partial charge on any atom is 0.00940 e. The van der Waals surface area contributed by atoms with Gasteiger partial charge >= 0.3 is 0 Å². The average molecular weight is 266 g/mol. The summed E-state index contributed by atoms with van der Waals surface area (Å²) in [6.07, 6.45) is 3.77. The molecule has 1 fully saturated rings. The van der Waals surface area contributed by atoms with Gasteiger partial charge in [0.2, 0.25) is 0 Å². The lowest BCUT2D eigenvalue weighted by Gasteiger charge is -2.36. The molecule has 1 aromatic heterocycles. The van der Waals surface area contributed by atoms with E-state index < -0.39 is 0 Å². The number of nitrogens with one attached hydrogen (secondary N) is 1. The molecule has 2 heterocycles. The van der Waals surface area contributed by atoms with Crippen molar-refractivity contribution in [1.29, 1.82) is 0 Å². The molecule has 1 aliphatic rings. The second-order valence-electron chi connectivity index (χ2n) is 5.76. The molecule has 0 aliphatic carbocycles. The van der Waals surface area contributed by atoms with Gasteiger partial charge in [-0.25, -0.2) is 0 Å². The number of piperidine rings is 1. The highest BCUT2D eigenvalue weighted by Crippen LogP contribution is 2.15. The summed E-state index contributed by atoms with van der Waals surface area (Å²) >= 11 is 1.87. The summed E-state index contributed by atoms with van der Waals surface area (Å²) in [5.74, 6) is 0. The zero-order valence-corrected chi connectivity index (χ0v) is 12.7. The topological polar surface area (TPSA) is 15.3 Å². The molecular weight excluding hydrogens is 240 g/mol. The third-order valence-electron chi connectivity index (χ3n) is 3.87. The van der Waals surface area contributed by atoms with Crippen LogP contribution in [0.1, 0.15) is 38.5 Å². The number of nitrogens with zero attached hydrogens (tertiary/aromatic N) is 1. The van der Waals surface area contributed by atoms with E-state index in [1.54, 1.807) is 0 Å². The second-order valence-corrected chi connectivity index (χ2v) is 6.79. The Hall–Kier alpha value is -0.380. The first-order chi connectivity index (χ1) is 8.65.